The van der Waals surface area contributed by atoms with Crippen LogP contribution in [0.5, 0.6) is 0 Å². The molecule has 0 spiro atoms. The number of aryl methyl sites for hydroxylation is 1. The fraction of sp³-hybridized carbons (Fsp3) is 0.368. The summed E-state index contributed by atoms with van der Waals surface area (Å²) in [6.07, 6.45) is -0.635. The summed E-state index contributed by atoms with van der Waals surface area (Å²) in [6, 6.07) is 11.1. The average Bonchev–Trinajstić information content (AvgIpc) is 2.69. The zero-order valence-corrected chi connectivity index (χ0v) is 16.1. The Balaban J connectivity index is 1.60. The van der Waals surface area contributed by atoms with E-state index in [1.807, 2.05) is 50.2 Å². The van der Waals surface area contributed by atoms with Crippen LogP contribution in [0.4, 0.5) is 16.6 Å². The second kappa shape index (κ2) is 11.4. The van der Waals surface area contributed by atoms with E-state index >= 15 is 0 Å². The Morgan fingerprint density at radius 3 is 2.57 bits per heavy atom. The molecule has 2 amide bonds. The molecule has 4 N–H and O–H groups in total. The first kappa shape index (κ1) is 20.9. The van der Waals surface area contributed by atoms with Crippen molar-refractivity contribution in [3.05, 3.63) is 47.7 Å². The molecule has 0 aliphatic carbocycles. The predicted octanol–water partition coefficient (Wildman–Crippen LogP) is 1.67. The Kier molecular flexibility index (Phi) is 8.51. The standard InChI is InChI=1S/C19H26N6O3/c1-3-20-18-24-14(2)11-16(25-18)21-9-10-22-17(26)12-23-19(27)28-13-15-7-5-4-6-8-15/h4-8,11H,3,9-10,12-13H2,1-2H3,(H,22,26)(H,23,27)(H2,20,21,24,25). The molecule has 150 valence electrons. The molecule has 2 rings (SSSR count). The Bertz CT molecular complexity index is 770. The van der Waals surface area contributed by atoms with E-state index < -0.39 is 6.09 Å². The van der Waals surface area contributed by atoms with Crippen molar-refractivity contribution in [3.63, 3.8) is 0 Å². The van der Waals surface area contributed by atoms with E-state index in [9.17, 15) is 9.59 Å². The molecule has 9 nitrogen and oxygen atoms in total. The molecule has 0 atom stereocenters. The highest BCUT2D eigenvalue weighted by molar-refractivity contribution is 5.82. The Labute approximate surface area is 164 Å². The van der Waals surface area contributed by atoms with Crippen LogP contribution < -0.4 is 21.3 Å². The third-order valence-electron chi connectivity index (χ3n) is 3.55. The average molecular weight is 386 g/mol. The van der Waals surface area contributed by atoms with E-state index in [-0.39, 0.29) is 19.1 Å². The van der Waals surface area contributed by atoms with Gasteiger partial charge >= 0.3 is 6.09 Å². The lowest BCUT2D eigenvalue weighted by Gasteiger charge is -2.10. The molecular weight excluding hydrogens is 360 g/mol. The van der Waals surface area contributed by atoms with E-state index in [0.717, 1.165) is 17.8 Å². The number of anilines is 2. The summed E-state index contributed by atoms with van der Waals surface area (Å²) < 4.78 is 5.04. The number of hydrogen-bond donors (Lipinski definition) is 4. The normalized spacial score (nSPS) is 10.1. The van der Waals surface area contributed by atoms with Gasteiger partial charge < -0.3 is 26.0 Å². The van der Waals surface area contributed by atoms with Gasteiger partial charge in [0.05, 0.1) is 6.54 Å². The first-order valence-electron chi connectivity index (χ1n) is 9.11. The van der Waals surface area contributed by atoms with Gasteiger partial charge in [-0.1, -0.05) is 30.3 Å². The third-order valence-corrected chi connectivity index (χ3v) is 3.55. The molecule has 9 heteroatoms. The van der Waals surface area contributed by atoms with Crippen molar-refractivity contribution < 1.29 is 14.3 Å². The molecule has 28 heavy (non-hydrogen) atoms. The summed E-state index contributed by atoms with van der Waals surface area (Å²) >= 11 is 0. The van der Waals surface area contributed by atoms with Gasteiger partial charge in [0.2, 0.25) is 11.9 Å². The van der Waals surface area contributed by atoms with Crippen molar-refractivity contribution in [3.8, 4) is 0 Å². The number of rotatable bonds is 10. The monoisotopic (exact) mass is 386 g/mol. The molecule has 1 heterocycles. The summed E-state index contributed by atoms with van der Waals surface area (Å²) in [5, 5.41) is 11.3. The molecule has 0 unspecified atom stereocenters. The van der Waals surface area contributed by atoms with E-state index in [1.54, 1.807) is 0 Å². The van der Waals surface area contributed by atoms with Gasteiger partial charge in [-0.25, -0.2) is 9.78 Å². The minimum atomic E-state index is -0.635. The van der Waals surface area contributed by atoms with Gasteiger partial charge in [0.1, 0.15) is 12.4 Å². The number of aromatic nitrogens is 2. The SMILES string of the molecule is CCNc1nc(C)cc(NCCNC(=O)CNC(=O)OCc2ccccc2)n1. The van der Waals surface area contributed by atoms with Crippen LogP contribution in [0.3, 0.4) is 0 Å². The summed E-state index contributed by atoms with van der Waals surface area (Å²) in [5.74, 6) is 0.943. The molecule has 0 bridgehead atoms. The van der Waals surface area contributed by atoms with Crippen LogP contribution in [0, 0.1) is 6.92 Å². The first-order valence-corrected chi connectivity index (χ1v) is 9.11. The first-order chi connectivity index (χ1) is 13.6. The number of hydrogen-bond acceptors (Lipinski definition) is 7. The van der Waals surface area contributed by atoms with Crippen LogP contribution in [0.15, 0.2) is 36.4 Å². The van der Waals surface area contributed by atoms with E-state index in [2.05, 4.69) is 31.2 Å². The van der Waals surface area contributed by atoms with Crippen molar-refractivity contribution in [1.29, 1.82) is 0 Å². The Hall–Kier alpha value is -3.36. The molecule has 2 aromatic rings. The fourth-order valence-corrected chi connectivity index (χ4v) is 2.28. The zero-order valence-electron chi connectivity index (χ0n) is 16.1. The van der Waals surface area contributed by atoms with Gasteiger partial charge in [-0.05, 0) is 19.4 Å². The lowest BCUT2D eigenvalue weighted by Crippen LogP contribution is -2.38. The van der Waals surface area contributed by atoms with Crippen LogP contribution in [0.2, 0.25) is 0 Å². The third kappa shape index (κ3) is 7.90. The van der Waals surface area contributed by atoms with Crippen molar-refractivity contribution in [1.82, 2.24) is 20.6 Å². The molecule has 0 saturated heterocycles. The maximum absolute atomic E-state index is 11.8. The quantitative estimate of drug-likeness (QED) is 0.459. The van der Waals surface area contributed by atoms with Gasteiger partial charge in [0.25, 0.3) is 0 Å². The Morgan fingerprint density at radius 2 is 1.82 bits per heavy atom. The van der Waals surface area contributed by atoms with Gasteiger partial charge in [-0.2, -0.15) is 4.98 Å². The van der Waals surface area contributed by atoms with Gasteiger partial charge in [-0.3, -0.25) is 4.79 Å². The number of nitrogens with zero attached hydrogens (tertiary/aromatic N) is 2. The molecule has 0 radical (unpaired) electrons. The van der Waals surface area contributed by atoms with E-state index in [0.29, 0.717) is 24.9 Å². The zero-order chi connectivity index (χ0) is 20.2. The van der Waals surface area contributed by atoms with E-state index in [4.69, 9.17) is 4.74 Å². The molecule has 0 aliphatic heterocycles. The smallest absolute Gasteiger partial charge is 0.407 e. The summed E-state index contributed by atoms with van der Waals surface area (Å²) in [4.78, 5) is 32.0. The van der Waals surface area contributed by atoms with Crippen molar-refractivity contribution >= 4 is 23.8 Å². The van der Waals surface area contributed by atoms with Crippen molar-refractivity contribution in [2.45, 2.75) is 20.5 Å². The topological polar surface area (TPSA) is 117 Å². The maximum atomic E-state index is 11.8. The molecule has 1 aromatic carbocycles. The lowest BCUT2D eigenvalue weighted by atomic mass is 10.2. The van der Waals surface area contributed by atoms with Gasteiger partial charge in [-0.15, -0.1) is 0 Å². The second-order valence-electron chi connectivity index (χ2n) is 5.94. The number of carbonyl (C=O) groups is 2. The minimum Gasteiger partial charge on any atom is -0.445 e. The van der Waals surface area contributed by atoms with Crippen molar-refractivity contribution in [2.24, 2.45) is 0 Å². The van der Waals surface area contributed by atoms with Gasteiger partial charge in [0.15, 0.2) is 0 Å². The van der Waals surface area contributed by atoms with Crippen LogP contribution >= 0.6 is 0 Å². The number of nitrogens with one attached hydrogen (secondary N) is 4. The number of benzene rings is 1. The van der Waals surface area contributed by atoms with Crippen LogP contribution in [0.1, 0.15) is 18.2 Å². The van der Waals surface area contributed by atoms with Crippen molar-refractivity contribution in [2.75, 3.05) is 36.8 Å². The summed E-state index contributed by atoms with van der Waals surface area (Å²) in [5.41, 5.74) is 1.72. The summed E-state index contributed by atoms with van der Waals surface area (Å²) in [7, 11) is 0. The van der Waals surface area contributed by atoms with Crippen LogP contribution in [-0.2, 0) is 16.1 Å². The van der Waals surface area contributed by atoms with Gasteiger partial charge in [0, 0.05) is 31.4 Å². The molecule has 0 aliphatic rings. The largest absolute Gasteiger partial charge is 0.445 e. The predicted molar refractivity (Wildman–Crippen MR) is 107 cm³/mol. The molecular formula is C19H26N6O3. The highest BCUT2D eigenvalue weighted by Gasteiger charge is 2.06. The Morgan fingerprint density at radius 1 is 1.04 bits per heavy atom. The number of amides is 2. The minimum absolute atomic E-state index is 0.148. The fourth-order valence-electron chi connectivity index (χ4n) is 2.28. The highest BCUT2D eigenvalue weighted by atomic mass is 16.5. The van der Waals surface area contributed by atoms with E-state index in [1.165, 1.54) is 0 Å². The maximum Gasteiger partial charge on any atom is 0.407 e. The molecule has 1 aromatic heterocycles. The molecule has 0 fully saturated rings. The van der Waals surface area contributed by atoms with Crippen LogP contribution in [-0.4, -0.2) is 48.1 Å². The lowest BCUT2D eigenvalue weighted by molar-refractivity contribution is -0.120. The second-order valence-corrected chi connectivity index (χ2v) is 5.94. The number of carbonyl (C=O) groups excluding carboxylic acids is 2. The number of ether oxygens (including phenoxy) is 1. The molecule has 0 saturated carbocycles. The highest BCUT2D eigenvalue weighted by Crippen LogP contribution is 2.08. The van der Waals surface area contributed by atoms with Crippen LogP contribution in [0.25, 0.3) is 0 Å². The summed E-state index contributed by atoms with van der Waals surface area (Å²) in [6.45, 7) is 5.49. The number of alkyl carbamates (subject to hydrolysis) is 1.